The van der Waals surface area contributed by atoms with Crippen LogP contribution < -0.4 is 0 Å². The van der Waals surface area contributed by atoms with E-state index in [9.17, 15) is 18.0 Å². The molecule has 0 aliphatic heterocycles. The topological polar surface area (TPSA) is 17.1 Å². The largest absolute Gasteiger partial charge is 0.396 e. The Morgan fingerprint density at radius 1 is 1.46 bits per heavy atom. The van der Waals surface area contributed by atoms with Crippen molar-refractivity contribution < 1.29 is 18.0 Å². The lowest BCUT2D eigenvalue weighted by Crippen LogP contribution is -2.14. The summed E-state index contributed by atoms with van der Waals surface area (Å²) in [6, 6.07) is 0. The molecule has 0 atom stereocenters. The summed E-state index contributed by atoms with van der Waals surface area (Å²) in [6.45, 7) is 0. The zero-order valence-electron chi connectivity index (χ0n) is 6.19. The fraction of sp³-hybridized carbons (Fsp3) is 0.286. The average molecular weight is 273 g/mol. The van der Waals surface area contributed by atoms with E-state index in [1.807, 2.05) is 0 Å². The molecule has 0 unspecified atom stereocenters. The molecule has 0 bridgehead atoms. The maximum Gasteiger partial charge on any atom is 0.396 e. The number of carbonyl (C=O) groups is 1. The number of thiophene rings is 1. The third kappa shape index (κ3) is 3.11. The minimum Gasteiger partial charge on any atom is -0.294 e. The van der Waals surface area contributed by atoms with Gasteiger partial charge in [0.25, 0.3) is 0 Å². The molecule has 0 saturated carbocycles. The average Bonchev–Trinajstić information content (AvgIpc) is 2.30. The molecule has 1 aromatic heterocycles. The minimum atomic E-state index is -4.43. The molecule has 0 radical (unpaired) electrons. The predicted octanol–water partition coefficient (Wildman–Crippen LogP) is 3.65. The fourth-order valence-electron chi connectivity index (χ4n) is 0.758. The van der Waals surface area contributed by atoms with E-state index in [-0.39, 0.29) is 5.56 Å². The first-order chi connectivity index (χ1) is 5.90. The quantitative estimate of drug-likeness (QED) is 0.752. The van der Waals surface area contributed by atoms with Gasteiger partial charge in [-0.15, -0.1) is 0 Å². The Morgan fingerprint density at radius 3 is 2.46 bits per heavy atom. The van der Waals surface area contributed by atoms with Gasteiger partial charge in [0.15, 0.2) is 5.78 Å². The van der Waals surface area contributed by atoms with Crippen molar-refractivity contribution in [2.45, 2.75) is 12.6 Å². The van der Waals surface area contributed by atoms with E-state index in [1.165, 1.54) is 16.7 Å². The summed E-state index contributed by atoms with van der Waals surface area (Å²) in [6.07, 6.45) is -5.83. The number of Topliss-reactive ketones (excluding diaryl/α,β-unsaturated/α-hetero) is 1. The van der Waals surface area contributed by atoms with E-state index in [1.54, 1.807) is 5.38 Å². The molecule has 0 fully saturated rings. The van der Waals surface area contributed by atoms with Gasteiger partial charge in [-0.2, -0.15) is 24.5 Å². The Bertz CT molecular complexity index is 318. The molecule has 0 N–H and O–H groups in total. The van der Waals surface area contributed by atoms with Crippen LogP contribution in [0.5, 0.6) is 0 Å². The fourth-order valence-corrected chi connectivity index (χ4v) is 2.28. The lowest BCUT2D eigenvalue weighted by atomic mass is 10.1. The highest BCUT2D eigenvalue weighted by Crippen LogP contribution is 2.27. The monoisotopic (exact) mass is 272 g/mol. The summed E-state index contributed by atoms with van der Waals surface area (Å²) < 4.78 is 35.8. The lowest BCUT2D eigenvalue weighted by Gasteiger charge is -2.03. The minimum absolute atomic E-state index is 0.0994. The summed E-state index contributed by atoms with van der Waals surface area (Å²) in [5.41, 5.74) is 0.0994. The van der Waals surface area contributed by atoms with Crippen LogP contribution >= 0.6 is 27.3 Å². The van der Waals surface area contributed by atoms with Crippen LogP contribution in [0.15, 0.2) is 15.2 Å². The Morgan fingerprint density at radius 2 is 2.08 bits per heavy atom. The van der Waals surface area contributed by atoms with Crippen LogP contribution in [-0.2, 0) is 0 Å². The normalized spacial score (nSPS) is 11.7. The van der Waals surface area contributed by atoms with E-state index in [0.29, 0.717) is 4.47 Å². The van der Waals surface area contributed by atoms with Crippen LogP contribution in [0.1, 0.15) is 16.8 Å². The Hall–Kier alpha value is -0.360. The van der Waals surface area contributed by atoms with Crippen molar-refractivity contribution in [3.63, 3.8) is 0 Å². The van der Waals surface area contributed by atoms with Crippen LogP contribution in [0.25, 0.3) is 0 Å². The van der Waals surface area contributed by atoms with Crippen molar-refractivity contribution in [3.05, 3.63) is 20.8 Å². The molecule has 6 heteroatoms. The SMILES string of the molecule is O=C(CC(F)(F)F)c1cscc1Br. The highest BCUT2D eigenvalue weighted by Gasteiger charge is 2.32. The summed E-state index contributed by atoms with van der Waals surface area (Å²) in [7, 11) is 0. The van der Waals surface area contributed by atoms with Gasteiger partial charge in [-0.25, -0.2) is 0 Å². The van der Waals surface area contributed by atoms with Crippen molar-refractivity contribution in [2.24, 2.45) is 0 Å². The van der Waals surface area contributed by atoms with Crippen LogP contribution in [0.3, 0.4) is 0 Å². The molecule has 0 spiro atoms. The summed E-state index contributed by atoms with van der Waals surface area (Å²) >= 11 is 4.18. The number of halogens is 4. The molecule has 0 aliphatic rings. The second-order valence-electron chi connectivity index (χ2n) is 2.35. The molecular weight excluding hydrogens is 269 g/mol. The van der Waals surface area contributed by atoms with Crippen LogP contribution in [0, 0.1) is 0 Å². The molecule has 72 valence electrons. The first kappa shape index (κ1) is 10.7. The molecule has 0 saturated heterocycles. The number of rotatable bonds is 2. The van der Waals surface area contributed by atoms with Crippen LogP contribution in [0.2, 0.25) is 0 Å². The smallest absolute Gasteiger partial charge is 0.294 e. The van der Waals surface area contributed by atoms with E-state index < -0.39 is 18.4 Å². The van der Waals surface area contributed by atoms with Gasteiger partial charge in [0.2, 0.25) is 0 Å². The van der Waals surface area contributed by atoms with Gasteiger partial charge in [-0.05, 0) is 15.9 Å². The summed E-state index contributed by atoms with van der Waals surface area (Å²) in [5.74, 6) is -0.902. The standard InChI is InChI=1S/C7H4BrF3OS/c8-5-3-13-2-4(5)6(12)1-7(9,10)11/h2-3H,1H2. The highest BCUT2D eigenvalue weighted by atomic mass is 79.9. The predicted molar refractivity (Wildman–Crippen MR) is 47.0 cm³/mol. The number of alkyl halides is 3. The van der Waals surface area contributed by atoms with Crippen molar-refractivity contribution >= 4 is 33.0 Å². The van der Waals surface area contributed by atoms with Gasteiger partial charge >= 0.3 is 6.18 Å². The van der Waals surface area contributed by atoms with Crippen molar-refractivity contribution in [2.75, 3.05) is 0 Å². The molecular formula is C7H4BrF3OS. The zero-order valence-corrected chi connectivity index (χ0v) is 8.59. The number of hydrogen-bond acceptors (Lipinski definition) is 2. The van der Waals surface area contributed by atoms with Crippen molar-refractivity contribution in [1.82, 2.24) is 0 Å². The maximum absolute atomic E-state index is 11.8. The Kier molecular flexibility index (Phi) is 3.13. The third-order valence-electron chi connectivity index (χ3n) is 1.28. The molecule has 13 heavy (non-hydrogen) atoms. The Labute approximate surface area is 84.7 Å². The Balaban J connectivity index is 2.76. The molecule has 1 heterocycles. The third-order valence-corrected chi connectivity index (χ3v) is 2.98. The second kappa shape index (κ2) is 3.79. The lowest BCUT2D eigenvalue weighted by molar-refractivity contribution is -0.125. The first-order valence-corrected chi connectivity index (χ1v) is 4.95. The van der Waals surface area contributed by atoms with Gasteiger partial charge < -0.3 is 0 Å². The molecule has 1 rings (SSSR count). The second-order valence-corrected chi connectivity index (χ2v) is 3.95. The highest BCUT2D eigenvalue weighted by molar-refractivity contribution is 9.10. The molecule has 1 nitrogen and oxygen atoms in total. The number of carbonyl (C=O) groups excluding carboxylic acids is 1. The van der Waals surface area contributed by atoms with Gasteiger partial charge in [0, 0.05) is 20.8 Å². The van der Waals surface area contributed by atoms with E-state index >= 15 is 0 Å². The number of ketones is 1. The van der Waals surface area contributed by atoms with E-state index in [4.69, 9.17) is 0 Å². The van der Waals surface area contributed by atoms with E-state index in [2.05, 4.69) is 15.9 Å². The zero-order chi connectivity index (χ0) is 10.1. The number of hydrogen-bond donors (Lipinski definition) is 0. The first-order valence-electron chi connectivity index (χ1n) is 3.22. The molecule has 0 aliphatic carbocycles. The van der Waals surface area contributed by atoms with Crippen LogP contribution in [-0.4, -0.2) is 12.0 Å². The summed E-state index contributed by atoms with van der Waals surface area (Å²) in [4.78, 5) is 11.0. The van der Waals surface area contributed by atoms with E-state index in [0.717, 1.165) is 0 Å². The van der Waals surface area contributed by atoms with Gasteiger partial charge in [0.1, 0.15) is 6.42 Å². The van der Waals surface area contributed by atoms with Gasteiger partial charge in [-0.1, -0.05) is 0 Å². The van der Waals surface area contributed by atoms with Gasteiger partial charge in [-0.3, -0.25) is 4.79 Å². The molecule has 1 aromatic rings. The summed E-state index contributed by atoms with van der Waals surface area (Å²) in [5, 5.41) is 2.97. The molecule has 0 aromatic carbocycles. The van der Waals surface area contributed by atoms with Crippen molar-refractivity contribution in [3.8, 4) is 0 Å². The molecule has 0 amide bonds. The van der Waals surface area contributed by atoms with Crippen LogP contribution in [0.4, 0.5) is 13.2 Å². The van der Waals surface area contributed by atoms with Gasteiger partial charge in [0.05, 0.1) is 0 Å². The maximum atomic E-state index is 11.8. The van der Waals surface area contributed by atoms with Crippen molar-refractivity contribution in [1.29, 1.82) is 0 Å².